The Balaban J connectivity index is 2.20. The van der Waals surface area contributed by atoms with Crippen molar-refractivity contribution >= 4 is 11.6 Å². The number of hydrogen-bond donors (Lipinski definition) is 2. The van der Waals surface area contributed by atoms with Crippen LogP contribution >= 0.6 is 0 Å². The quantitative estimate of drug-likeness (QED) is 0.764. The molecule has 0 spiro atoms. The van der Waals surface area contributed by atoms with Gasteiger partial charge >= 0.3 is 0 Å². The first-order valence-electron chi connectivity index (χ1n) is 4.77. The van der Waals surface area contributed by atoms with E-state index in [-0.39, 0.29) is 5.56 Å². The highest BCUT2D eigenvalue weighted by atomic mass is 19.1. The predicted octanol–water partition coefficient (Wildman–Crippen LogP) is 1.16. The van der Waals surface area contributed by atoms with Gasteiger partial charge < -0.3 is 10.3 Å². The molecule has 0 aromatic carbocycles. The molecule has 2 rings (SSSR count). The first-order chi connectivity index (χ1) is 8.16. The zero-order valence-corrected chi connectivity index (χ0v) is 8.61. The maximum atomic E-state index is 12.5. The number of pyridine rings is 2. The number of aromatic nitrogens is 2. The van der Waals surface area contributed by atoms with Gasteiger partial charge in [-0.2, -0.15) is 4.39 Å². The number of carbonyl (C=O) groups is 1. The van der Waals surface area contributed by atoms with Crippen LogP contribution in [-0.4, -0.2) is 15.9 Å². The van der Waals surface area contributed by atoms with E-state index in [9.17, 15) is 14.0 Å². The number of hydrogen-bond acceptors (Lipinski definition) is 3. The molecule has 2 aromatic heterocycles. The minimum absolute atomic E-state index is 0.0168. The maximum absolute atomic E-state index is 12.5. The Kier molecular flexibility index (Phi) is 2.95. The summed E-state index contributed by atoms with van der Waals surface area (Å²) in [5.41, 5.74) is -0.0900. The average Bonchev–Trinajstić information content (AvgIpc) is 2.32. The molecule has 5 nitrogen and oxygen atoms in total. The Morgan fingerprint density at radius 1 is 1.35 bits per heavy atom. The summed E-state index contributed by atoms with van der Waals surface area (Å²) < 4.78 is 12.5. The van der Waals surface area contributed by atoms with Gasteiger partial charge in [-0.15, -0.1) is 0 Å². The van der Waals surface area contributed by atoms with Crippen LogP contribution in [0.4, 0.5) is 10.1 Å². The molecule has 0 saturated carbocycles. The van der Waals surface area contributed by atoms with Crippen LogP contribution < -0.4 is 10.7 Å². The SMILES string of the molecule is O=C(Nc1ccc(F)nc1)c1c[nH]ccc1=O. The molecular weight excluding hydrogens is 225 g/mol. The Morgan fingerprint density at radius 2 is 2.18 bits per heavy atom. The molecule has 0 bridgehead atoms. The zero-order valence-electron chi connectivity index (χ0n) is 8.61. The minimum Gasteiger partial charge on any atom is -0.367 e. The fourth-order valence-electron chi connectivity index (χ4n) is 1.24. The molecule has 0 unspecified atom stereocenters. The molecule has 0 atom stereocenters. The predicted molar refractivity (Wildman–Crippen MR) is 59.2 cm³/mol. The highest BCUT2D eigenvalue weighted by Crippen LogP contribution is 2.06. The molecule has 2 aromatic rings. The van der Waals surface area contributed by atoms with Crippen LogP contribution in [0.25, 0.3) is 0 Å². The molecular formula is C11H8FN3O2. The molecule has 17 heavy (non-hydrogen) atoms. The lowest BCUT2D eigenvalue weighted by Gasteiger charge is -2.03. The van der Waals surface area contributed by atoms with Gasteiger partial charge in [0.05, 0.1) is 11.9 Å². The van der Waals surface area contributed by atoms with E-state index in [4.69, 9.17) is 0 Å². The number of carbonyl (C=O) groups excluding carboxylic acids is 1. The highest BCUT2D eigenvalue weighted by Gasteiger charge is 2.09. The van der Waals surface area contributed by atoms with Gasteiger partial charge in [0.15, 0.2) is 5.43 Å². The number of nitrogens with zero attached hydrogens (tertiary/aromatic N) is 1. The van der Waals surface area contributed by atoms with Gasteiger partial charge in [0, 0.05) is 18.5 Å². The third-order valence-electron chi connectivity index (χ3n) is 2.05. The minimum atomic E-state index is -0.638. The van der Waals surface area contributed by atoms with Crippen molar-refractivity contribution in [3.8, 4) is 0 Å². The standard InChI is InChI=1S/C11H8FN3O2/c12-10-2-1-7(5-14-10)15-11(17)8-6-13-4-3-9(8)16/h1-6H,(H,13,16)(H,15,17). The molecule has 0 aliphatic rings. The van der Waals surface area contributed by atoms with Crippen molar-refractivity contribution in [2.45, 2.75) is 0 Å². The van der Waals surface area contributed by atoms with Crippen molar-refractivity contribution in [3.05, 3.63) is 58.5 Å². The average molecular weight is 233 g/mol. The number of halogens is 1. The Bertz CT molecular complexity index is 592. The molecule has 1 amide bonds. The van der Waals surface area contributed by atoms with Crippen molar-refractivity contribution in [1.82, 2.24) is 9.97 Å². The number of H-pyrrole nitrogens is 1. The second-order valence-electron chi connectivity index (χ2n) is 3.25. The molecule has 0 aliphatic heterocycles. The van der Waals surface area contributed by atoms with Crippen LogP contribution in [0.2, 0.25) is 0 Å². The largest absolute Gasteiger partial charge is 0.367 e. The van der Waals surface area contributed by atoms with Crippen molar-refractivity contribution in [2.24, 2.45) is 0 Å². The van der Waals surface area contributed by atoms with E-state index in [1.807, 2.05) is 0 Å². The smallest absolute Gasteiger partial charge is 0.261 e. The van der Waals surface area contributed by atoms with Gasteiger partial charge in [0.1, 0.15) is 5.56 Å². The van der Waals surface area contributed by atoms with E-state index in [2.05, 4.69) is 15.3 Å². The third-order valence-corrected chi connectivity index (χ3v) is 2.05. The summed E-state index contributed by atoms with van der Waals surface area (Å²) in [6.45, 7) is 0. The summed E-state index contributed by atoms with van der Waals surface area (Å²) in [4.78, 5) is 29.0. The second-order valence-corrected chi connectivity index (χ2v) is 3.25. The van der Waals surface area contributed by atoms with E-state index in [0.717, 1.165) is 6.07 Å². The second kappa shape index (κ2) is 4.56. The maximum Gasteiger partial charge on any atom is 0.261 e. The summed E-state index contributed by atoms with van der Waals surface area (Å²) in [5, 5.41) is 2.44. The van der Waals surface area contributed by atoms with Crippen LogP contribution in [0.3, 0.4) is 0 Å². The first kappa shape index (κ1) is 11.0. The van der Waals surface area contributed by atoms with Crippen molar-refractivity contribution in [3.63, 3.8) is 0 Å². The van der Waals surface area contributed by atoms with E-state index < -0.39 is 17.3 Å². The monoisotopic (exact) mass is 233 g/mol. The van der Waals surface area contributed by atoms with Gasteiger partial charge in [-0.25, -0.2) is 4.98 Å². The van der Waals surface area contributed by atoms with Gasteiger partial charge in [0.25, 0.3) is 5.91 Å². The van der Waals surface area contributed by atoms with E-state index in [1.165, 1.54) is 30.7 Å². The summed E-state index contributed by atoms with van der Waals surface area (Å²) in [5.74, 6) is -1.21. The van der Waals surface area contributed by atoms with Gasteiger partial charge in [-0.1, -0.05) is 0 Å². The summed E-state index contributed by atoms with van der Waals surface area (Å²) in [6.07, 6.45) is 3.90. The van der Waals surface area contributed by atoms with Crippen molar-refractivity contribution < 1.29 is 9.18 Å². The molecule has 0 radical (unpaired) electrons. The van der Waals surface area contributed by atoms with Gasteiger partial charge in [-0.05, 0) is 12.1 Å². The van der Waals surface area contributed by atoms with Gasteiger partial charge in [0.2, 0.25) is 5.95 Å². The van der Waals surface area contributed by atoms with Crippen LogP contribution in [0.15, 0.2) is 41.6 Å². The van der Waals surface area contributed by atoms with Gasteiger partial charge in [-0.3, -0.25) is 9.59 Å². The molecule has 0 saturated heterocycles. The molecule has 2 heterocycles. The lowest BCUT2D eigenvalue weighted by atomic mass is 10.2. The van der Waals surface area contributed by atoms with Crippen LogP contribution in [0.5, 0.6) is 0 Å². The van der Waals surface area contributed by atoms with E-state index in [0.29, 0.717) is 5.69 Å². The number of nitrogens with one attached hydrogen (secondary N) is 2. The summed E-state index contributed by atoms with van der Waals surface area (Å²) in [7, 11) is 0. The topological polar surface area (TPSA) is 74.8 Å². The fourth-order valence-corrected chi connectivity index (χ4v) is 1.24. The summed E-state index contributed by atoms with van der Waals surface area (Å²) >= 11 is 0. The Labute approximate surface area is 95.3 Å². The van der Waals surface area contributed by atoms with Crippen LogP contribution in [-0.2, 0) is 0 Å². The molecule has 2 N–H and O–H groups in total. The molecule has 0 aliphatic carbocycles. The zero-order chi connectivity index (χ0) is 12.3. The normalized spacial score (nSPS) is 9.94. The van der Waals surface area contributed by atoms with Crippen molar-refractivity contribution in [2.75, 3.05) is 5.32 Å². The number of aromatic amines is 1. The lowest BCUT2D eigenvalue weighted by molar-refractivity contribution is 0.102. The molecule has 6 heteroatoms. The van der Waals surface area contributed by atoms with Crippen LogP contribution in [0, 0.1) is 5.95 Å². The van der Waals surface area contributed by atoms with Crippen molar-refractivity contribution in [1.29, 1.82) is 0 Å². The number of rotatable bonds is 2. The van der Waals surface area contributed by atoms with E-state index in [1.54, 1.807) is 0 Å². The molecule has 0 fully saturated rings. The summed E-state index contributed by atoms with van der Waals surface area (Å²) in [6, 6.07) is 3.72. The molecule has 86 valence electrons. The number of amides is 1. The Hall–Kier alpha value is -2.50. The highest BCUT2D eigenvalue weighted by molar-refractivity contribution is 6.03. The fraction of sp³-hybridized carbons (Fsp3) is 0. The van der Waals surface area contributed by atoms with E-state index >= 15 is 0 Å². The lowest BCUT2D eigenvalue weighted by Crippen LogP contribution is -2.20. The Morgan fingerprint density at radius 3 is 2.82 bits per heavy atom. The third kappa shape index (κ3) is 2.54. The first-order valence-corrected chi connectivity index (χ1v) is 4.77. The number of anilines is 1. The van der Waals surface area contributed by atoms with Crippen LogP contribution in [0.1, 0.15) is 10.4 Å².